The normalized spacial score (nSPS) is 21.1. The Bertz CT molecular complexity index is 1530. The van der Waals surface area contributed by atoms with Crippen LogP contribution in [-0.2, 0) is 0 Å². The maximum atomic E-state index is 13.9. The van der Waals surface area contributed by atoms with Crippen molar-refractivity contribution >= 4 is 34.3 Å². The quantitative estimate of drug-likeness (QED) is 0.220. The molecule has 0 unspecified atom stereocenters. The van der Waals surface area contributed by atoms with Crippen LogP contribution in [0.5, 0.6) is 5.88 Å². The summed E-state index contributed by atoms with van der Waals surface area (Å²) in [6, 6.07) is 9.82. The summed E-state index contributed by atoms with van der Waals surface area (Å²) in [6.45, 7) is 6.43. The maximum Gasteiger partial charge on any atom is 0.212 e. The number of methoxy groups -OCH3 is 1. The zero-order valence-corrected chi connectivity index (χ0v) is 22.6. The van der Waals surface area contributed by atoms with Crippen LogP contribution in [0.4, 0.5) is 15.8 Å². The number of pyridine rings is 1. The number of halogens is 2. The molecule has 8 nitrogen and oxygen atoms in total. The van der Waals surface area contributed by atoms with Crippen molar-refractivity contribution in [3.05, 3.63) is 71.4 Å². The lowest BCUT2D eigenvalue weighted by atomic mass is 9.75. The first-order chi connectivity index (χ1) is 18.0. The van der Waals surface area contributed by atoms with Crippen molar-refractivity contribution < 1.29 is 9.13 Å². The summed E-state index contributed by atoms with van der Waals surface area (Å²) in [5.74, 6) is 0.246. The molecule has 10 heteroatoms. The molecule has 0 amide bonds. The second-order valence-corrected chi connectivity index (χ2v) is 11.0. The molecule has 0 saturated heterocycles. The van der Waals surface area contributed by atoms with Crippen molar-refractivity contribution in [2.24, 2.45) is 21.9 Å². The third kappa shape index (κ3) is 4.56. The summed E-state index contributed by atoms with van der Waals surface area (Å²) in [7, 11) is 1.58. The first-order valence-corrected chi connectivity index (χ1v) is 12.7. The predicted molar refractivity (Wildman–Crippen MR) is 150 cm³/mol. The lowest BCUT2D eigenvalue weighted by Gasteiger charge is -2.39. The lowest BCUT2D eigenvalue weighted by molar-refractivity contribution is 0.215. The largest absolute Gasteiger partial charge is 0.481 e. The van der Waals surface area contributed by atoms with Gasteiger partial charge in [-0.1, -0.05) is 25.4 Å². The van der Waals surface area contributed by atoms with Crippen LogP contribution >= 0.6 is 11.6 Å². The molecule has 5 rings (SSSR count). The molecule has 0 aliphatic heterocycles. The highest BCUT2D eigenvalue weighted by molar-refractivity contribution is 6.33. The van der Waals surface area contributed by atoms with Gasteiger partial charge in [-0.2, -0.15) is 5.10 Å². The molecule has 3 heterocycles. The fraction of sp³-hybridized carbons (Fsp3) is 0.321. The second kappa shape index (κ2) is 9.56. The van der Waals surface area contributed by atoms with E-state index in [4.69, 9.17) is 27.8 Å². The van der Waals surface area contributed by atoms with E-state index in [-0.39, 0.29) is 28.5 Å². The Balaban J connectivity index is 1.65. The molecule has 38 heavy (non-hydrogen) atoms. The van der Waals surface area contributed by atoms with Gasteiger partial charge in [0.05, 0.1) is 40.8 Å². The van der Waals surface area contributed by atoms with Gasteiger partial charge in [-0.05, 0) is 44.0 Å². The van der Waals surface area contributed by atoms with Gasteiger partial charge in [0.15, 0.2) is 0 Å². The molecule has 4 aromatic rings. The smallest absolute Gasteiger partial charge is 0.212 e. The number of nitrogens with two attached hydrogens (primary N) is 2. The van der Waals surface area contributed by atoms with E-state index in [9.17, 15) is 4.39 Å². The van der Waals surface area contributed by atoms with E-state index in [1.165, 1.54) is 18.2 Å². The van der Waals surface area contributed by atoms with Crippen LogP contribution in [0.2, 0.25) is 5.02 Å². The van der Waals surface area contributed by atoms with Gasteiger partial charge >= 0.3 is 0 Å². The summed E-state index contributed by atoms with van der Waals surface area (Å²) in [4.78, 5) is 8.79. The Morgan fingerprint density at radius 3 is 2.63 bits per heavy atom. The molecule has 1 aromatic carbocycles. The Morgan fingerprint density at radius 2 is 1.97 bits per heavy atom. The van der Waals surface area contributed by atoms with Gasteiger partial charge < -0.3 is 21.5 Å². The number of amidine groups is 1. The summed E-state index contributed by atoms with van der Waals surface area (Å²) in [5.41, 5.74) is 16.9. The Hall–Kier alpha value is -3.69. The van der Waals surface area contributed by atoms with Crippen LogP contribution in [0, 0.1) is 11.2 Å². The average molecular weight is 536 g/mol. The molecule has 1 aliphatic carbocycles. The number of hydrogen-bond donors (Lipinski definition) is 3. The summed E-state index contributed by atoms with van der Waals surface area (Å²) in [5, 5.41) is 8.63. The van der Waals surface area contributed by atoms with Crippen LogP contribution in [0.1, 0.15) is 39.2 Å². The predicted octanol–water partition coefficient (Wildman–Crippen LogP) is 5.55. The van der Waals surface area contributed by atoms with E-state index >= 15 is 0 Å². The minimum absolute atomic E-state index is 0.0639. The fourth-order valence-corrected chi connectivity index (χ4v) is 5.11. The van der Waals surface area contributed by atoms with Crippen molar-refractivity contribution in [3.8, 4) is 17.0 Å². The van der Waals surface area contributed by atoms with Crippen LogP contribution in [0.15, 0.2) is 60.0 Å². The number of nitrogens with one attached hydrogen (secondary N) is 1. The highest BCUT2D eigenvalue weighted by Crippen LogP contribution is 2.46. The van der Waals surface area contributed by atoms with E-state index < -0.39 is 5.82 Å². The number of fused-ring (bicyclic) bond motifs is 1. The van der Waals surface area contributed by atoms with Gasteiger partial charge in [-0.25, -0.2) is 18.9 Å². The molecule has 0 spiro atoms. The number of rotatable bonds is 6. The number of aromatic nitrogens is 3. The zero-order chi connectivity index (χ0) is 27.2. The molecule has 1 aliphatic rings. The van der Waals surface area contributed by atoms with Gasteiger partial charge in [0.25, 0.3) is 0 Å². The average Bonchev–Trinajstić information content (AvgIpc) is 3.40. The monoisotopic (exact) mass is 535 g/mol. The molecule has 0 bridgehead atoms. The standard InChI is InChI=1S/C28H31ClFN7O/c1-27(2)23(9-10-28(27,3)32)36-25-19(26(31)35-21-12-18(30)6-7-20(21)29)14-34-37-15-17(11-22(25)37)16-5-8-24(38-4)33-13-16/h5-8,11-15,23,36H,9-10,32H2,1-4H3,(H2,31,35)/t23-,28+/m1/s1. The number of benzene rings is 1. The van der Waals surface area contributed by atoms with Crippen LogP contribution in [0.25, 0.3) is 16.6 Å². The SMILES string of the molecule is COc1ccc(-c2cc3c(N[C@@H]4CC[C@](C)(N)C4(C)C)c(C(N)=Nc4cc(F)ccc4Cl)cnn3c2)cn1. The van der Waals surface area contributed by atoms with Gasteiger partial charge in [-0.3, -0.25) is 0 Å². The van der Waals surface area contributed by atoms with Gasteiger partial charge in [0, 0.05) is 52.6 Å². The molecular weight excluding hydrogens is 505 g/mol. The van der Waals surface area contributed by atoms with E-state index in [2.05, 4.69) is 41.2 Å². The van der Waals surface area contributed by atoms with E-state index in [0.717, 1.165) is 35.2 Å². The molecule has 5 N–H and O–H groups in total. The Morgan fingerprint density at radius 1 is 1.18 bits per heavy atom. The zero-order valence-electron chi connectivity index (χ0n) is 21.8. The van der Waals surface area contributed by atoms with Crippen molar-refractivity contribution in [2.45, 2.75) is 45.2 Å². The lowest BCUT2D eigenvalue weighted by Crippen LogP contribution is -2.51. The first kappa shape index (κ1) is 25.9. The third-order valence-electron chi connectivity index (χ3n) is 7.96. The molecule has 0 radical (unpaired) electrons. The van der Waals surface area contributed by atoms with Crippen LogP contribution in [0.3, 0.4) is 0 Å². The number of anilines is 1. The summed E-state index contributed by atoms with van der Waals surface area (Å²) in [6.07, 6.45) is 7.10. The van der Waals surface area contributed by atoms with Crippen molar-refractivity contribution in [2.75, 3.05) is 12.4 Å². The third-order valence-corrected chi connectivity index (χ3v) is 8.27. The van der Waals surface area contributed by atoms with Gasteiger partial charge in [0.2, 0.25) is 5.88 Å². The van der Waals surface area contributed by atoms with E-state index in [1.54, 1.807) is 24.0 Å². The molecule has 198 valence electrons. The number of aliphatic imine (C=N–C) groups is 1. The Kier molecular flexibility index (Phi) is 6.53. The Labute approximate surface area is 225 Å². The first-order valence-electron chi connectivity index (χ1n) is 12.4. The van der Waals surface area contributed by atoms with E-state index in [0.29, 0.717) is 16.5 Å². The summed E-state index contributed by atoms with van der Waals surface area (Å²) >= 11 is 6.27. The van der Waals surface area contributed by atoms with Crippen LogP contribution in [-0.4, -0.2) is 39.1 Å². The molecule has 1 fully saturated rings. The molecule has 2 atom stereocenters. The molecule has 3 aromatic heterocycles. The van der Waals surface area contributed by atoms with Crippen LogP contribution < -0.4 is 21.5 Å². The van der Waals surface area contributed by atoms with E-state index in [1.807, 2.05) is 24.4 Å². The minimum atomic E-state index is -0.452. The minimum Gasteiger partial charge on any atom is -0.481 e. The fourth-order valence-electron chi connectivity index (χ4n) is 4.95. The highest BCUT2D eigenvalue weighted by Gasteiger charge is 2.49. The number of hydrogen-bond acceptors (Lipinski definition) is 6. The summed E-state index contributed by atoms with van der Waals surface area (Å²) < 4.78 is 20.9. The highest BCUT2D eigenvalue weighted by atomic mass is 35.5. The van der Waals surface area contributed by atoms with Gasteiger partial charge in [0.1, 0.15) is 11.7 Å². The number of ether oxygens (including phenoxy) is 1. The van der Waals surface area contributed by atoms with Crippen molar-refractivity contribution in [1.29, 1.82) is 0 Å². The number of nitrogens with zero attached hydrogens (tertiary/aromatic N) is 4. The molecule has 1 saturated carbocycles. The maximum absolute atomic E-state index is 13.9. The van der Waals surface area contributed by atoms with Crippen molar-refractivity contribution in [1.82, 2.24) is 14.6 Å². The molecular formula is C28H31ClFN7O. The topological polar surface area (TPSA) is 116 Å². The van der Waals surface area contributed by atoms with Crippen molar-refractivity contribution in [3.63, 3.8) is 0 Å². The van der Waals surface area contributed by atoms with Gasteiger partial charge in [-0.15, -0.1) is 0 Å². The second-order valence-electron chi connectivity index (χ2n) is 10.5.